The van der Waals surface area contributed by atoms with E-state index in [-0.39, 0.29) is 85.8 Å². The van der Waals surface area contributed by atoms with Crippen LogP contribution >= 0.6 is 0 Å². The number of fused-ring (bicyclic) bond motifs is 4. The van der Waals surface area contributed by atoms with E-state index in [2.05, 4.69) is 275 Å². The summed E-state index contributed by atoms with van der Waals surface area (Å²) in [5.74, 6) is 6.90. The van der Waals surface area contributed by atoms with Gasteiger partial charge in [0.05, 0.1) is 46.0 Å². The Labute approximate surface area is 719 Å². The summed E-state index contributed by atoms with van der Waals surface area (Å²) in [6.07, 6.45) is 7.68. The molecule has 0 fully saturated rings. The Balaban J connectivity index is 0.000000158. The molecular weight excluding hydrogens is 2100 g/mol. The molecule has 0 bridgehead atoms. The van der Waals surface area contributed by atoms with E-state index >= 15 is 0 Å². The summed E-state index contributed by atoms with van der Waals surface area (Å²) in [5.41, 5.74) is 22.8. The van der Waals surface area contributed by atoms with Gasteiger partial charge in [0.15, 0.2) is 0 Å². The molecule has 113 heavy (non-hydrogen) atoms. The quantitative estimate of drug-likeness (QED) is 0.0779. The molecule has 0 spiro atoms. The summed E-state index contributed by atoms with van der Waals surface area (Å²) in [5, 5.41) is 21.7. The van der Waals surface area contributed by atoms with Crippen molar-refractivity contribution in [1.29, 1.82) is 0 Å². The van der Waals surface area contributed by atoms with E-state index in [0.29, 0.717) is 0 Å². The van der Waals surface area contributed by atoms with Gasteiger partial charge in [-0.3, -0.25) is 19.9 Å². The fraction of sp³-hybridized carbons (Fsp3) is 0.196. The number of benzene rings is 12. The van der Waals surface area contributed by atoms with Crippen LogP contribution in [0.15, 0.2) is 267 Å². The minimum absolute atomic E-state index is 0. The van der Waals surface area contributed by atoms with Gasteiger partial charge in [-0.2, -0.15) is 20.4 Å². The van der Waals surface area contributed by atoms with Crippen LogP contribution in [0.4, 0.5) is 0 Å². The molecule has 578 valence electrons. The average molecular weight is 2190 g/mol. The van der Waals surface area contributed by atoms with Crippen LogP contribution in [0.1, 0.15) is 124 Å². The third-order valence-corrected chi connectivity index (χ3v) is 20.0. The number of aryl methyl sites for hydroxylation is 8. The normalized spacial score (nSPS) is 11.3. The molecule has 16 heteroatoms. The van der Waals surface area contributed by atoms with Gasteiger partial charge in [0.1, 0.15) is 23.3 Å². The maximum Gasteiger partial charge on any atom is 0.122 e. The number of hydrogen-bond acceptors (Lipinski definition) is 8. The molecule has 0 atom stereocenters. The molecule has 0 N–H and O–H groups in total. The molecule has 0 unspecified atom stereocenters. The number of nitrogens with zero attached hydrogens (tertiary/aromatic N) is 12. The van der Waals surface area contributed by atoms with E-state index in [9.17, 15) is 0 Å². The van der Waals surface area contributed by atoms with Crippen molar-refractivity contribution in [2.45, 2.75) is 126 Å². The van der Waals surface area contributed by atoms with Gasteiger partial charge < -0.3 is 0 Å². The summed E-state index contributed by atoms with van der Waals surface area (Å²) >= 11 is 0. The van der Waals surface area contributed by atoms with Crippen LogP contribution in [0.5, 0.6) is 0 Å². The number of aromatic nitrogens is 12. The van der Waals surface area contributed by atoms with Gasteiger partial charge in [0, 0.05) is 106 Å². The largest absolute Gasteiger partial charge is 0.261 e. The van der Waals surface area contributed by atoms with Crippen LogP contribution in [-0.4, -0.2) is 59.1 Å². The second kappa shape index (κ2) is 39.7. The van der Waals surface area contributed by atoms with Crippen molar-refractivity contribution in [2.75, 3.05) is 0 Å². The van der Waals surface area contributed by atoms with E-state index in [1.165, 1.54) is 61.0 Å². The van der Waals surface area contributed by atoms with Crippen LogP contribution in [-0.2, 0) is 112 Å². The first-order chi connectivity index (χ1) is 53.3. The Kier molecular flexibility index (Phi) is 30.0. The average Bonchev–Trinajstić information content (AvgIpc) is 1.58. The fourth-order valence-corrected chi connectivity index (χ4v) is 14.2. The van der Waals surface area contributed by atoms with Gasteiger partial charge >= 0.3 is 0 Å². The second-order valence-electron chi connectivity index (χ2n) is 28.2. The first-order valence-electron chi connectivity index (χ1n) is 38.1. The van der Waals surface area contributed by atoms with Crippen molar-refractivity contribution in [3.63, 3.8) is 0 Å². The molecule has 12 nitrogen and oxygen atoms in total. The molecular formula is C97H90Ir4N12-4. The van der Waals surface area contributed by atoms with Crippen molar-refractivity contribution in [3.8, 4) is 102 Å². The van der Waals surface area contributed by atoms with Crippen molar-refractivity contribution < 1.29 is 80.4 Å². The summed E-state index contributed by atoms with van der Waals surface area (Å²) in [4.78, 5) is 19.4. The van der Waals surface area contributed by atoms with Crippen molar-refractivity contribution in [3.05, 3.63) is 348 Å². The molecule has 0 amide bonds. The molecule has 4 radical (unpaired) electrons. The fourth-order valence-electron chi connectivity index (χ4n) is 14.2. The van der Waals surface area contributed by atoms with Crippen LogP contribution in [0.2, 0.25) is 0 Å². The summed E-state index contributed by atoms with van der Waals surface area (Å²) < 4.78 is 7.96. The third-order valence-electron chi connectivity index (χ3n) is 20.0. The predicted molar refractivity (Wildman–Crippen MR) is 443 cm³/mol. The van der Waals surface area contributed by atoms with Crippen molar-refractivity contribution in [1.82, 2.24) is 59.1 Å². The first kappa shape index (κ1) is 85.5. The zero-order valence-corrected chi connectivity index (χ0v) is 74.8. The van der Waals surface area contributed by atoms with Crippen molar-refractivity contribution in [2.24, 2.45) is 0 Å². The maximum absolute atomic E-state index is 4.93. The zero-order chi connectivity index (χ0) is 75.4. The van der Waals surface area contributed by atoms with E-state index in [0.717, 1.165) is 159 Å². The topological polar surface area (TPSA) is 123 Å². The second-order valence-corrected chi connectivity index (χ2v) is 28.2. The van der Waals surface area contributed by atoms with Gasteiger partial charge in [0.2, 0.25) is 0 Å². The Bertz CT molecular complexity index is 5800. The smallest absolute Gasteiger partial charge is 0.122 e. The van der Waals surface area contributed by atoms with E-state index in [1.807, 2.05) is 104 Å². The molecule has 0 saturated carbocycles. The molecule has 16 aromatic rings. The Morgan fingerprint density at radius 3 is 1.17 bits per heavy atom. The van der Waals surface area contributed by atoms with Crippen LogP contribution in [0, 0.1) is 52.0 Å². The minimum atomic E-state index is -0.0411. The molecule has 0 saturated heterocycles. The summed E-state index contributed by atoms with van der Waals surface area (Å²) in [6, 6.07) is 105. The maximum atomic E-state index is 4.93. The van der Waals surface area contributed by atoms with E-state index in [4.69, 9.17) is 40.3 Å². The number of hydrogen-bond donors (Lipinski definition) is 0. The Hall–Kier alpha value is -9.94. The van der Waals surface area contributed by atoms with Crippen LogP contribution in [0.25, 0.3) is 112 Å². The summed E-state index contributed by atoms with van der Waals surface area (Å²) in [7, 11) is 0. The molecule has 4 aromatic heterocycles. The minimum Gasteiger partial charge on any atom is -0.261 e. The molecule has 4 heterocycles. The monoisotopic (exact) mass is 2190 g/mol. The van der Waals surface area contributed by atoms with E-state index in [1.54, 1.807) is 0 Å². The summed E-state index contributed by atoms with van der Waals surface area (Å²) in [6.45, 7) is 21.7. The molecule has 0 aliphatic heterocycles. The Morgan fingerprint density at radius 2 is 0.699 bits per heavy atom. The Morgan fingerprint density at radius 1 is 0.310 bits per heavy atom. The van der Waals surface area contributed by atoms with Gasteiger partial charge in [-0.15, -0.1) is 118 Å². The number of rotatable bonds is 18. The number of para-hydroxylation sites is 4. The first-order valence-corrected chi connectivity index (χ1v) is 38.1. The molecule has 1 aliphatic carbocycles. The van der Waals surface area contributed by atoms with Gasteiger partial charge in [0.25, 0.3) is 0 Å². The third kappa shape index (κ3) is 19.1. The van der Waals surface area contributed by atoms with Gasteiger partial charge in [-0.25, -0.2) is 18.7 Å². The molecule has 1 aliphatic rings. The van der Waals surface area contributed by atoms with Crippen molar-refractivity contribution >= 4 is 10.8 Å². The standard InChI is InChI=1S/C27H26N3.2C24H22N3.C22H20N3.4Ir/c1-5-10-25-28-26(29-30(25)24-14-9-6-11-18(24)2)19-15-16-21-20-12-7-8-13-22(20)27(3,4)23(21)17-19;1-3-10-23-25-24(26-27(23)22-16-8-7-11-18(22)2)21-15-9-14-20(17-21)19-12-5-4-6-13-19;1-3-9-23-25-24(26-27(23)22-13-8-7-10-18(22)2)21-16-14-20(15-17-21)19-11-5-4-6-12-19;1-3-9-21-23-22(24-25(21)20-15-7-4-10-16(20)2)19-14-8-12-17-11-5-6-13-18(17)19;;;;/h6-9,11-14,16-17H,5,10H2,1-4H3;4-9,11-14,16-17H,3,10H2,1-2H3;4-8,10-16H,3,9H2,1-2H3;4-8,10-13,15H,3,9H2,1-2H3;;;;/q4*-1;;;;. The molecule has 17 rings (SSSR count). The SMILES string of the molecule is CCCc1nc(-c2[c-]cc(-c3ccccc3)cc2)nn1-c1ccccc1C.CCCc1nc(-c2[c-]cc3c(c2)C(C)(C)c2ccccc2-3)nn1-c1ccccc1C.CCCc1nc(-c2[c-]ccc(-c3ccccc3)c2)nn1-c1ccccc1C.CCCc1nc(-c2[c-]ccc3ccccc23)nn1-c1ccccc1C.[Ir].[Ir].[Ir].[Ir]. The van der Waals surface area contributed by atoms with E-state index < -0.39 is 0 Å². The van der Waals surface area contributed by atoms with Crippen LogP contribution in [0.3, 0.4) is 0 Å². The van der Waals surface area contributed by atoms with Gasteiger partial charge in [-0.1, -0.05) is 257 Å². The predicted octanol–water partition coefficient (Wildman–Crippen LogP) is 22.8. The zero-order valence-electron chi connectivity index (χ0n) is 65.3. The molecule has 12 aromatic carbocycles. The van der Waals surface area contributed by atoms with Gasteiger partial charge in [-0.05, 0) is 116 Å². The van der Waals surface area contributed by atoms with Crippen LogP contribution < -0.4 is 0 Å².